The molecule has 2 aromatic rings. The van der Waals surface area contributed by atoms with Gasteiger partial charge in [0, 0.05) is 19.2 Å². The highest BCUT2D eigenvalue weighted by Crippen LogP contribution is 2.00. The molecule has 2 rings (SSSR count). The Labute approximate surface area is 86.2 Å². The van der Waals surface area contributed by atoms with Crippen molar-refractivity contribution >= 4 is 11.8 Å². The maximum absolute atomic E-state index is 5.51. The van der Waals surface area contributed by atoms with Gasteiger partial charge in [0.2, 0.25) is 5.95 Å². The zero-order valence-electron chi connectivity index (χ0n) is 8.01. The lowest BCUT2D eigenvalue weighted by atomic mass is 10.4. The van der Waals surface area contributed by atoms with Crippen molar-refractivity contribution in [3.8, 4) is 0 Å². The van der Waals surface area contributed by atoms with Crippen LogP contribution >= 0.6 is 0 Å². The van der Waals surface area contributed by atoms with Crippen LogP contribution in [0.2, 0.25) is 0 Å². The minimum absolute atomic E-state index is 0.451. The first-order valence-corrected chi connectivity index (χ1v) is 4.51. The summed E-state index contributed by atoms with van der Waals surface area (Å²) in [5.74, 6) is 1.80. The molecule has 0 fully saturated rings. The van der Waals surface area contributed by atoms with Crippen molar-refractivity contribution in [1.29, 1.82) is 0 Å². The summed E-state index contributed by atoms with van der Waals surface area (Å²) in [6.07, 6.45) is 3.82. The number of nitrogen functional groups attached to an aromatic ring is 1. The Morgan fingerprint density at radius 1 is 1.40 bits per heavy atom. The Morgan fingerprint density at radius 2 is 2.33 bits per heavy atom. The molecule has 0 saturated heterocycles. The molecule has 0 amide bonds. The zero-order chi connectivity index (χ0) is 10.5. The summed E-state index contributed by atoms with van der Waals surface area (Å²) >= 11 is 0. The molecule has 0 aliphatic heterocycles. The summed E-state index contributed by atoms with van der Waals surface area (Å²) in [6.45, 7) is 0.679. The van der Waals surface area contributed by atoms with Gasteiger partial charge in [0.15, 0.2) is 0 Å². The number of hydrogen-bond acceptors (Lipinski definition) is 6. The maximum Gasteiger partial charge on any atom is 0.224 e. The largest absolute Gasteiger partial charge is 0.384 e. The standard InChI is InChI=1S/C8H11N7/c9-6-1-3-10-8(14-6)11-4-2-7-12-5-13-15-7/h1,3,5H,2,4H2,(H,12,13,15)(H3,9,10,11,14). The molecule has 0 aliphatic carbocycles. The Kier molecular flexibility index (Phi) is 2.72. The highest BCUT2D eigenvalue weighted by molar-refractivity contribution is 5.34. The number of aromatic nitrogens is 5. The third-order valence-corrected chi connectivity index (χ3v) is 1.79. The van der Waals surface area contributed by atoms with Gasteiger partial charge in [-0.1, -0.05) is 0 Å². The van der Waals surface area contributed by atoms with Crippen molar-refractivity contribution in [1.82, 2.24) is 25.1 Å². The zero-order valence-corrected chi connectivity index (χ0v) is 8.01. The van der Waals surface area contributed by atoms with Gasteiger partial charge < -0.3 is 11.1 Å². The van der Waals surface area contributed by atoms with Crippen LogP contribution in [0.15, 0.2) is 18.6 Å². The van der Waals surface area contributed by atoms with Crippen LogP contribution in [0, 0.1) is 0 Å². The van der Waals surface area contributed by atoms with Crippen LogP contribution in [-0.4, -0.2) is 31.7 Å². The van der Waals surface area contributed by atoms with Gasteiger partial charge in [0.25, 0.3) is 0 Å². The molecule has 0 atom stereocenters. The summed E-state index contributed by atoms with van der Waals surface area (Å²) in [6, 6.07) is 1.64. The van der Waals surface area contributed by atoms with Gasteiger partial charge in [0.1, 0.15) is 18.0 Å². The molecule has 2 aromatic heterocycles. The number of nitrogens with two attached hydrogens (primary N) is 1. The second-order valence-electron chi connectivity index (χ2n) is 2.91. The molecule has 0 spiro atoms. The van der Waals surface area contributed by atoms with E-state index in [1.807, 2.05) is 0 Å². The van der Waals surface area contributed by atoms with E-state index < -0.39 is 0 Å². The molecule has 2 heterocycles. The summed E-state index contributed by atoms with van der Waals surface area (Å²) in [7, 11) is 0. The van der Waals surface area contributed by atoms with E-state index in [1.165, 1.54) is 6.33 Å². The molecule has 7 heteroatoms. The number of anilines is 2. The van der Waals surface area contributed by atoms with Gasteiger partial charge in [-0.15, -0.1) is 0 Å². The summed E-state index contributed by atoms with van der Waals surface area (Å²) in [5.41, 5.74) is 5.51. The SMILES string of the molecule is Nc1ccnc(NCCc2ncn[nH]2)n1. The van der Waals surface area contributed by atoms with Gasteiger partial charge in [-0.2, -0.15) is 10.1 Å². The molecule has 7 nitrogen and oxygen atoms in total. The highest BCUT2D eigenvalue weighted by Gasteiger charge is 1.97. The molecular weight excluding hydrogens is 194 g/mol. The van der Waals surface area contributed by atoms with Crippen molar-refractivity contribution in [3.05, 3.63) is 24.4 Å². The number of rotatable bonds is 4. The quantitative estimate of drug-likeness (QED) is 0.640. The number of aromatic amines is 1. The van der Waals surface area contributed by atoms with Gasteiger partial charge in [-0.05, 0) is 6.07 Å². The third-order valence-electron chi connectivity index (χ3n) is 1.79. The Morgan fingerprint density at radius 3 is 3.07 bits per heavy atom. The molecule has 0 aliphatic rings. The third kappa shape index (κ3) is 2.63. The van der Waals surface area contributed by atoms with Crippen LogP contribution in [-0.2, 0) is 6.42 Å². The van der Waals surface area contributed by atoms with Crippen LogP contribution in [0.5, 0.6) is 0 Å². The topological polar surface area (TPSA) is 105 Å². The van der Waals surface area contributed by atoms with Crippen molar-refractivity contribution < 1.29 is 0 Å². The van der Waals surface area contributed by atoms with E-state index in [2.05, 4.69) is 30.5 Å². The maximum atomic E-state index is 5.51. The summed E-state index contributed by atoms with van der Waals surface area (Å²) in [4.78, 5) is 12.0. The van der Waals surface area contributed by atoms with Gasteiger partial charge in [-0.3, -0.25) is 5.10 Å². The summed E-state index contributed by atoms with van der Waals surface area (Å²) in [5, 5.41) is 9.55. The van der Waals surface area contributed by atoms with Gasteiger partial charge in [0.05, 0.1) is 0 Å². The van der Waals surface area contributed by atoms with Crippen molar-refractivity contribution in [2.45, 2.75) is 6.42 Å². The lowest BCUT2D eigenvalue weighted by Gasteiger charge is -2.02. The fraction of sp³-hybridized carbons (Fsp3) is 0.250. The van der Waals surface area contributed by atoms with E-state index in [0.29, 0.717) is 18.3 Å². The lowest BCUT2D eigenvalue weighted by molar-refractivity contribution is 0.891. The van der Waals surface area contributed by atoms with E-state index >= 15 is 0 Å². The molecule has 0 saturated carbocycles. The minimum atomic E-state index is 0.451. The normalized spacial score (nSPS) is 10.1. The fourth-order valence-corrected chi connectivity index (χ4v) is 1.10. The first-order chi connectivity index (χ1) is 7.34. The number of H-pyrrole nitrogens is 1. The van der Waals surface area contributed by atoms with Crippen LogP contribution in [0.25, 0.3) is 0 Å². The van der Waals surface area contributed by atoms with E-state index in [0.717, 1.165) is 12.2 Å². The minimum Gasteiger partial charge on any atom is -0.384 e. The van der Waals surface area contributed by atoms with Crippen LogP contribution in [0.1, 0.15) is 5.82 Å². The predicted octanol–water partition coefficient (Wildman–Crippen LogP) is -0.169. The molecule has 15 heavy (non-hydrogen) atoms. The summed E-state index contributed by atoms with van der Waals surface area (Å²) < 4.78 is 0. The smallest absolute Gasteiger partial charge is 0.224 e. The number of nitrogens with one attached hydrogen (secondary N) is 2. The van der Waals surface area contributed by atoms with E-state index in [4.69, 9.17) is 5.73 Å². The predicted molar refractivity (Wildman–Crippen MR) is 55.0 cm³/mol. The van der Waals surface area contributed by atoms with Gasteiger partial charge >= 0.3 is 0 Å². The molecule has 0 unspecified atom stereocenters. The van der Waals surface area contributed by atoms with Crippen molar-refractivity contribution in [2.24, 2.45) is 0 Å². The average molecular weight is 205 g/mol. The molecule has 78 valence electrons. The first kappa shape index (κ1) is 9.38. The first-order valence-electron chi connectivity index (χ1n) is 4.51. The lowest BCUT2D eigenvalue weighted by Crippen LogP contribution is -2.09. The Hall–Kier alpha value is -2.18. The second kappa shape index (κ2) is 4.36. The van der Waals surface area contributed by atoms with Crippen LogP contribution in [0.3, 0.4) is 0 Å². The fourth-order valence-electron chi connectivity index (χ4n) is 1.10. The van der Waals surface area contributed by atoms with Crippen molar-refractivity contribution in [2.75, 3.05) is 17.6 Å². The van der Waals surface area contributed by atoms with Crippen LogP contribution < -0.4 is 11.1 Å². The molecular formula is C8H11N7. The Bertz CT molecular complexity index is 411. The van der Waals surface area contributed by atoms with Gasteiger partial charge in [-0.25, -0.2) is 9.97 Å². The number of hydrogen-bond donors (Lipinski definition) is 3. The Balaban J connectivity index is 1.83. The van der Waals surface area contributed by atoms with Crippen molar-refractivity contribution in [3.63, 3.8) is 0 Å². The van der Waals surface area contributed by atoms with E-state index in [9.17, 15) is 0 Å². The van der Waals surface area contributed by atoms with E-state index in [-0.39, 0.29) is 0 Å². The second-order valence-corrected chi connectivity index (χ2v) is 2.91. The molecule has 0 bridgehead atoms. The van der Waals surface area contributed by atoms with Crippen LogP contribution in [0.4, 0.5) is 11.8 Å². The number of nitrogens with zero attached hydrogens (tertiary/aromatic N) is 4. The highest BCUT2D eigenvalue weighted by atomic mass is 15.2. The average Bonchev–Trinajstić information content (AvgIpc) is 2.71. The molecule has 0 aromatic carbocycles. The monoisotopic (exact) mass is 205 g/mol. The van der Waals surface area contributed by atoms with E-state index in [1.54, 1.807) is 12.3 Å². The molecule has 4 N–H and O–H groups in total. The molecule has 0 radical (unpaired) electrons.